The van der Waals surface area contributed by atoms with E-state index in [9.17, 15) is 18.0 Å². The zero-order valence-electron chi connectivity index (χ0n) is 21.1. The molecule has 10 heteroatoms. The maximum atomic E-state index is 13.4. The molecule has 2 bridgehead atoms. The predicted octanol–water partition coefficient (Wildman–Crippen LogP) is 5.78. The van der Waals surface area contributed by atoms with E-state index in [2.05, 4.69) is 38.8 Å². The number of fused-ring (bicyclic) bond motifs is 2. The molecule has 1 N–H and O–H groups in total. The molecule has 2 saturated heterocycles. The van der Waals surface area contributed by atoms with Crippen molar-refractivity contribution in [1.29, 1.82) is 0 Å². The van der Waals surface area contributed by atoms with Crippen LogP contribution in [0.4, 0.5) is 13.2 Å². The number of nitrogens with zero attached hydrogens (tertiary/aromatic N) is 4. The number of carbonyl (C=O) groups excluding carboxylic acids is 1. The minimum absolute atomic E-state index is 0.308. The summed E-state index contributed by atoms with van der Waals surface area (Å²) < 4.78 is 42.7. The third-order valence-electron chi connectivity index (χ3n) is 7.78. The third kappa shape index (κ3) is 5.14. The van der Waals surface area contributed by atoms with E-state index in [4.69, 9.17) is 0 Å². The number of piperidine rings is 1. The first-order valence-electron chi connectivity index (χ1n) is 12.5. The highest BCUT2D eigenvalue weighted by atomic mass is 32.1. The van der Waals surface area contributed by atoms with Crippen molar-refractivity contribution in [3.8, 4) is 0 Å². The van der Waals surface area contributed by atoms with Gasteiger partial charge in [-0.1, -0.05) is 19.9 Å². The van der Waals surface area contributed by atoms with Gasteiger partial charge in [-0.25, -0.2) is 0 Å². The van der Waals surface area contributed by atoms with Crippen LogP contribution in [0.25, 0.3) is 0 Å². The number of hydrogen-bond donors (Lipinski definition) is 1. The summed E-state index contributed by atoms with van der Waals surface area (Å²) >= 11 is 1.47. The fraction of sp³-hybridized carbons (Fsp3) is 0.720. The first-order chi connectivity index (χ1) is 16.4. The summed E-state index contributed by atoms with van der Waals surface area (Å²) in [6, 6.07) is 4.54. The second-order valence-electron chi connectivity index (χ2n) is 10.8. The van der Waals surface area contributed by atoms with Crippen LogP contribution >= 0.6 is 11.3 Å². The summed E-state index contributed by atoms with van der Waals surface area (Å²) in [5.41, 5.74) is -2.44. The molecule has 4 heterocycles. The molecule has 6 nitrogen and oxygen atoms in total. The van der Waals surface area contributed by atoms with Crippen LogP contribution in [0.5, 0.6) is 0 Å². The monoisotopic (exact) mass is 511 g/mol. The molecule has 1 unspecified atom stereocenters. The van der Waals surface area contributed by atoms with Crippen LogP contribution in [0, 0.1) is 12.3 Å². The van der Waals surface area contributed by atoms with E-state index in [0.29, 0.717) is 30.5 Å². The minimum Gasteiger partial charge on any atom is -0.348 e. The zero-order valence-corrected chi connectivity index (χ0v) is 21.9. The average molecular weight is 512 g/mol. The molecule has 2 aromatic heterocycles. The van der Waals surface area contributed by atoms with E-state index in [0.717, 1.165) is 62.6 Å². The fourth-order valence-electron chi connectivity index (χ4n) is 5.57. The van der Waals surface area contributed by atoms with E-state index in [1.165, 1.54) is 11.3 Å². The molecule has 4 atom stereocenters. The van der Waals surface area contributed by atoms with E-state index >= 15 is 0 Å². The van der Waals surface area contributed by atoms with Crippen LogP contribution in [-0.2, 0) is 4.79 Å². The van der Waals surface area contributed by atoms with Crippen LogP contribution < -0.4 is 5.32 Å². The molecular weight excluding hydrogens is 475 g/mol. The van der Waals surface area contributed by atoms with Crippen LogP contribution in [0.15, 0.2) is 17.5 Å². The van der Waals surface area contributed by atoms with Crippen LogP contribution in [0.1, 0.15) is 94.3 Å². The van der Waals surface area contributed by atoms with Crippen molar-refractivity contribution < 1.29 is 18.0 Å². The lowest BCUT2D eigenvalue weighted by Gasteiger charge is -2.40. The van der Waals surface area contributed by atoms with Crippen molar-refractivity contribution in [3.63, 3.8) is 0 Å². The molecule has 2 aromatic rings. The second kappa shape index (κ2) is 9.84. The number of amides is 1. The fourth-order valence-corrected chi connectivity index (χ4v) is 6.39. The highest BCUT2D eigenvalue weighted by Crippen LogP contribution is 2.43. The lowest BCUT2D eigenvalue weighted by molar-refractivity contribution is -0.211. The van der Waals surface area contributed by atoms with E-state index in [-0.39, 0.29) is 0 Å². The molecule has 0 aliphatic carbocycles. The Balaban J connectivity index is 1.45. The Kier molecular flexibility index (Phi) is 7.35. The largest absolute Gasteiger partial charge is 0.402 e. The number of thiophene rings is 1. The number of carbonyl (C=O) groups is 1. The van der Waals surface area contributed by atoms with Crippen molar-refractivity contribution in [2.75, 3.05) is 6.54 Å². The smallest absolute Gasteiger partial charge is 0.348 e. The maximum absolute atomic E-state index is 13.4. The Hall–Kier alpha value is -1.94. The molecule has 4 rings (SSSR count). The van der Waals surface area contributed by atoms with E-state index in [1.807, 2.05) is 24.4 Å². The van der Waals surface area contributed by atoms with Gasteiger partial charge >= 0.3 is 6.18 Å². The molecule has 0 aromatic carbocycles. The highest BCUT2D eigenvalue weighted by molar-refractivity contribution is 7.10. The first kappa shape index (κ1) is 26.1. The van der Waals surface area contributed by atoms with Crippen LogP contribution in [0.2, 0.25) is 0 Å². The van der Waals surface area contributed by atoms with Gasteiger partial charge in [0.25, 0.3) is 0 Å². The Morgan fingerprint density at radius 2 is 1.83 bits per heavy atom. The molecule has 2 fully saturated rings. The quantitative estimate of drug-likeness (QED) is 0.488. The van der Waals surface area contributed by atoms with Crippen molar-refractivity contribution in [3.05, 3.63) is 34.0 Å². The van der Waals surface area contributed by atoms with Crippen molar-refractivity contribution in [2.45, 2.75) is 103 Å². The minimum atomic E-state index is -4.60. The summed E-state index contributed by atoms with van der Waals surface area (Å²) in [4.78, 5) is 16.1. The summed E-state index contributed by atoms with van der Waals surface area (Å²) in [6.45, 7) is 8.93. The van der Waals surface area contributed by atoms with Gasteiger partial charge in [-0.2, -0.15) is 13.2 Å². The summed E-state index contributed by atoms with van der Waals surface area (Å²) in [5.74, 6) is 1.32. The molecule has 0 saturated carbocycles. The van der Waals surface area contributed by atoms with Crippen molar-refractivity contribution in [2.24, 2.45) is 5.41 Å². The molecule has 2 aliphatic rings. The standard InChI is InChI=1S/C25H36F3N5OS/c1-15(2)22-31-30-16(3)33(22)19-13-17-8-9-18(14-19)32(17)11-10-20(21-7-6-12-35-21)29-23(34)24(4,5)25(26,27)28/h6-7,12,15,17-20H,8-11,13-14H2,1-5H3,(H,29,34)/t17-,18+,19?,20-/m0/s1. The second-order valence-corrected chi connectivity index (χ2v) is 11.8. The Labute approximate surface area is 209 Å². The molecule has 35 heavy (non-hydrogen) atoms. The van der Waals surface area contributed by atoms with Crippen LogP contribution in [0.3, 0.4) is 0 Å². The van der Waals surface area contributed by atoms with Gasteiger partial charge < -0.3 is 9.88 Å². The van der Waals surface area contributed by atoms with Gasteiger partial charge in [-0.15, -0.1) is 21.5 Å². The van der Waals surface area contributed by atoms with Gasteiger partial charge in [0.1, 0.15) is 17.1 Å². The van der Waals surface area contributed by atoms with Gasteiger partial charge in [0.15, 0.2) is 0 Å². The normalized spacial score (nSPS) is 24.2. The first-order valence-corrected chi connectivity index (χ1v) is 13.4. The SMILES string of the molecule is Cc1nnc(C(C)C)n1C1C[C@H]2CC[C@@H](C1)N2CC[C@H](NC(=O)C(C)(C)C(F)(F)F)c1cccs1. The van der Waals surface area contributed by atoms with Crippen LogP contribution in [-0.4, -0.2) is 50.4 Å². The molecule has 0 radical (unpaired) electrons. The Morgan fingerprint density at radius 3 is 2.37 bits per heavy atom. The molecular formula is C25H36F3N5OS. The number of alkyl halides is 3. The molecule has 194 valence electrons. The molecule has 0 spiro atoms. The Bertz CT molecular complexity index is 1000. The summed E-state index contributed by atoms with van der Waals surface area (Å²) in [6.07, 6.45) is 0.263. The van der Waals surface area contributed by atoms with E-state index < -0.39 is 23.5 Å². The van der Waals surface area contributed by atoms with E-state index in [1.54, 1.807) is 0 Å². The topological polar surface area (TPSA) is 63.1 Å². The Morgan fingerprint density at radius 1 is 1.17 bits per heavy atom. The number of rotatable bonds is 8. The molecule has 2 aliphatic heterocycles. The number of aryl methyl sites for hydroxylation is 1. The third-order valence-corrected chi connectivity index (χ3v) is 8.76. The van der Waals surface area contributed by atoms with Gasteiger partial charge in [0.05, 0.1) is 6.04 Å². The number of aromatic nitrogens is 3. The van der Waals surface area contributed by atoms with Crippen molar-refractivity contribution in [1.82, 2.24) is 25.0 Å². The lowest BCUT2D eigenvalue weighted by Crippen LogP contribution is -2.48. The van der Waals surface area contributed by atoms with Gasteiger partial charge in [-0.3, -0.25) is 9.69 Å². The number of halogens is 3. The predicted molar refractivity (Wildman–Crippen MR) is 130 cm³/mol. The summed E-state index contributed by atoms with van der Waals surface area (Å²) in [7, 11) is 0. The maximum Gasteiger partial charge on any atom is 0.402 e. The highest BCUT2D eigenvalue weighted by Gasteiger charge is 2.53. The zero-order chi connectivity index (χ0) is 25.5. The average Bonchev–Trinajstić information content (AvgIpc) is 3.48. The number of nitrogens with one attached hydrogen (secondary N) is 1. The van der Waals surface area contributed by atoms with Crippen molar-refractivity contribution >= 4 is 17.2 Å². The lowest BCUT2D eigenvalue weighted by atomic mass is 9.90. The van der Waals surface area contributed by atoms with Gasteiger partial charge in [-0.05, 0) is 64.3 Å². The number of hydrogen-bond acceptors (Lipinski definition) is 5. The van der Waals surface area contributed by atoms with Gasteiger partial charge in [0.2, 0.25) is 5.91 Å². The summed E-state index contributed by atoms with van der Waals surface area (Å²) in [5, 5.41) is 13.4. The molecule has 1 amide bonds. The van der Waals surface area contributed by atoms with Gasteiger partial charge in [0, 0.05) is 35.5 Å².